The van der Waals surface area contributed by atoms with Gasteiger partial charge in [0.1, 0.15) is 12.2 Å². The van der Waals surface area contributed by atoms with Crippen molar-refractivity contribution in [3.05, 3.63) is 33.1 Å². The van der Waals surface area contributed by atoms with Gasteiger partial charge in [-0.3, -0.25) is 18.7 Å². The lowest BCUT2D eigenvalue weighted by Crippen LogP contribution is -2.40. The van der Waals surface area contributed by atoms with Crippen LogP contribution in [0.25, 0.3) is 11.0 Å². The van der Waals surface area contributed by atoms with Crippen molar-refractivity contribution >= 4 is 16.9 Å². The maximum Gasteiger partial charge on any atom is 0.332 e. The Morgan fingerprint density at radius 2 is 1.91 bits per heavy atom. The average molecular weight is 304 g/mol. The zero-order valence-corrected chi connectivity index (χ0v) is 12.8. The van der Waals surface area contributed by atoms with Crippen molar-refractivity contribution in [1.82, 2.24) is 19.0 Å². The second-order valence-corrected chi connectivity index (χ2v) is 5.60. The summed E-state index contributed by atoms with van der Waals surface area (Å²) in [7, 11) is 0. The van der Waals surface area contributed by atoms with Crippen LogP contribution < -0.4 is 16.6 Å². The minimum Gasteiger partial charge on any atom is -0.352 e. The highest BCUT2D eigenvalue weighted by molar-refractivity contribution is 5.81. The molecule has 1 saturated carbocycles. The van der Waals surface area contributed by atoms with Crippen LogP contribution in [0.5, 0.6) is 0 Å². The fraction of sp³-hybridized carbons (Fsp3) is 0.533. The first-order valence-electron chi connectivity index (χ1n) is 7.68. The third-order valence-corrected chi connectivity index (χ3v) is 4.02. The number of hydrogen-bond acceptors (Lipinski definition) is 3. The summed E-state index contributed by atoms with van der Waals surface area (Å²) in [6.07, 6.45) is 3.75. The molecule has 0 saturated heterocycles. The van der Waals surface area contributed by atoms with E-state index in [1.807, 2.05) is 6.92 Å². The standard InChI is InChI=1S/C15H20N4O3/c1-3-18-13-11(14(21)19(4-2)15(18)22)7-8-17(13)9-12(20)16-10-5-6-10/h7-8,10H,3-6,9H2,1-2H3,(H,16,20). The van der Waals surface area contributed by atoms with Gasteiger partial charge in [-0.1, -0.05) is 0 Å². The number of amides is 1. The maximum absolute atomic E-state index is 12.4. The number of nitrogens with one attached hydrogen (secondary N) is 1. The van der Waals surface area contributed by atoms with E-state index in [0.717, 1.165) is 12.8 Å². The molecule has 1 amide bonds. The molecule has 1 fully saturated rings. The van der Waals surface area contributed by atoms with Crippen LogP contribution in [0.1, 0.15) is 26.7 Å². The van der Waals surface area contributed by atoms with Gasteiger partial charge in [0.05, 0.1) is 5.39 Å². The quantitative estimate of drug-likeness (QED) is 0.862. The summed E-state index contributed by atoms with van der Waals surface area (Å²) in [6.45, 7) is 4.53. The van der Waals surface area contributed by atoms with Gasteiger partial charge in [0.15, 0.2) is 0 Å². The molecular formula is C15H20N4O3. The van der Waals surface area contributed by atoms with Crippen LogP contribution in [0.15, 0.2) is 21.9 Å². The Morgan fingerprint density at radius 3 is 2.50 bits per heavy atom. The van der Waals surface area contributed by atoms with Crippen molar-refractivity contribution in [2.24, 2.45) is 0 Å². The SMILES string of the molecule is CCn1c(=O)c2ccn(CC(=O)NC3CC3)c2n(CC)c1=O. The summed E-state index contributed by atoms with van der Waals surface area (Å²) >= 11 is 0. The predicted molar refractivity (Wildman–Crippen MR) is 83.0 cm³/mol. The molecule has 2 aromatic heterocycles. The van der Waals surface area contributed by atoms with E-state index in [9.17, 15) is 14.4 Å². The molecule has 0 radical (unpaired) electrons. The molecule has 2 heterocycles. The van der Waals surface area contributed by atoms with Gasteiger partial charge in [-0.15, -0.1) is 0 Å². The summed E-state index contributed by atoms with van der Waals surface area (Å²) < 4.78 is 4.45. The van der Waals surface area contributed by atoms with Gasteiger partial charge >= 0.3 is 5.69 Å². The molecule has 0 aromatic carbocycles. The van der Waals surface area contributed by atoms with Gasteiger partial charge in [0.25, 0.3) is 5.56 Å². The highest BCUT2D eigenvalue weighted by Gasteiger charge is 2.24. The molecule has 0 spiro atoms. The Hall–Kier alpha value is -2.31. The lowest BCUT2D eigenvalue weighted by molar-refractivity contribution is -0.121. The smallest absolute Gasteiger partial charge is 0.332 e. The van der Waals surface area contributed by atoms with Crippen molar-refractivity contribution in [2.45, 2.75) is 52.4 Å². The largest absolute Gasteiger partial charge is 0.352 e. The maximum atomic E-state index is 12.4. The third kappa shape index (κ3) is 2.36. The Balaban J connectivity index is 2.10. The molecule has 0 unspecified atom stereocenters. The minimum absolute atomic E-state index is 0.0882. The molecule has 2 aromatic rings. The van der Waals surface area contributed by atoms with Crippen LogP contribution in [0, 0.1) is 0 Å². The van der Waals surface area contributed by atoms with E-state index in [-0.39, 0.29) is 23.7 Å². The fourth-order valence-corrected chi connectivity index (χ4v) is 2.75. The summed E-state index contributed by atoms with van der Waals surface area (Å²) in [5.41, 5.74) is -0.105. The number of nitrogens with zero attached hydrogens (tertiary/aromatic N) is 3. The average Bonchev–Trinajstić information content (AvgIpc) is 3.20. The molecule has 118 valence electrons. The lowest BCUT2D eigenvalue weighted by atomic mass is 10.4. The van der Waals surface area contributed by atoms with Crippen molar-refractivity contribution in [1.29, 1.82) is 0 Å². The van der Waals surface area contributed by atoms with Crippen molar-refractivity contribution in [3.8, 4) is 0 Å². The van der Waals surface area contributed by atoms with Crippen LogP contribution in [-0.4, -0.2) is 25.7 Å². The van der Waals surface area contributed by atoms with Gasteiger partial charge in [-0.05, 0) is 32.8 Å². The molecule has 3 rings (SSSR count). The Morgan fingerprint density at radius 1 is 1.23 bits per heavy atom. The number of fused-ring (bicyclic) bond motifs is 1. The van der Waals surface area contributed by atoms with Crippen LogP contribution in [0.2, 0.25) is 0 Å². The summed E-state index contributed by atoms with van der Waals surface area (Å²) in [5.74, 6) is -0.0882. The number of carbonyl (C=O) groups is 1. The molecule has 0 aliphatic heterocycles. The number of aryl methyl sites for hydroxylation is 1. The normalized spacial score (nSPS) is 14.5. The van der Waals surface area contributed by atoms with Gasteiger partial charge in [0, 0.05) is 25.3 Å². The van der Waals surface area contributed by atoms with Gasteiger partial charge in [-0.2, -0.15) is 0 Å². The highest BCUT2D eigenvalue weighted by atomic mass is 16.2. The first kappa shape index (κ1) is 14.6. The molecule has 7 heteroatoms. The topological polar surface area (TPSA) is 78.0 Å². The fourth-order valence-electron chi connectivity index (χ4n) is 2.75. The van der Waals surface area contributed by atoms with E-state index in [0.29, 0.717) is 30.2 Å². The van der Waals surface area contributed by atoms with E-state index in [1.165, 1.54) is 4.57 Å². The van der Waals surface area contributed by atoms with E-state index in [4.69, 9.17) is 0 Å². The Labute approximate surface area is 127 Å². The zero-order valence-electron chi connectivity index (χ0n) is 12.8. The van der Waals surface area contributed by atoms with Crippen molar-refractivity contribution in [3.63, 3.8) is 0 Å². The van der Waals surface area contributed by atoms with Gasteiger partial charge in [0.2, 0.25) is 5.91 Å². The van der Waals surface area contributed by atoms with E-state index >= 15 is 0 Å². The minimum atomic E-state index is -0.329. The molecule has 0 atom stereocenters. The molecular weight excluding hydrogens is 284 g/mol. The van der Waals surface area contributed by atoms with Crippen LogP contribution >= 0.6 is 0 Å². The Kier molecular flexibility index (Phi) is 3.64. The number of hydrogen-bond donors (Lipinski definition) is 1. The molecule has 0 bridgehead atoms. The Bertz CT molecular complexity index is 839. The third-order valence-electron chi connectivity index (χ3n) is 4.02. The van der Waals surface area contributed by atoms with E-state index in [2.05, 4.69) is 5.32 Å². The molecule has 22 heavy (non-hydrogen) atoms. The van der Waals surface area contributed by atoms with Crippen molar-refractivity contribution in [2.75, 3.05) is 0 Å². The van der Waals surface area contributed by atoms with Crippen LogP contribution in [0.3, 0.4) is 0 Å². The molecule has 1 N–H and O–H groups in total. The second kappa shape index (κ2) is 5.47. The summed E-state index contributed by atoms with van der Waals surface area (Å²) in [6, 6.07) is 1.97. The zero-order chi connectivity index (χ0) is 15.9. The van der Waals surface area contributed by atoms with Crippen LogP contribution in [0.4, 0.5) is 0 Å². The molecule has 1 aliphatic carbocycles. The second-order valence-electron chi connectivity index (χ2n) is 5.60. The lowest BCUT2D eigenvalue weighted by Gasteiger charge is -2.12. The number of rotatable bonds is 5. The first-order valence-corrected chi connectivity index (χ1v) is 7.68. The highest BCUT2D eigenvalue weighted by Crippen LogP contribution is 2.18. The van der Waals surface area contributed by atoms with E-state index in [1.54, 1.807) is 28.3 Å². The molecule has 7 nitrogen and oxygen atoms in total. The van der Waals surface area contributed by atoms with E-state index < -0.39 is 0 Å². The first-order chi connectivity index (χ1) is 10.6. The van der Waals surface area contributed by atoms with Gasteiger partial charge < -0.3 is 9.88 Å². The predicted octanol–water partition coefficient (Wildman–Crippen LogP) is 0.283. The van der Waals surface area contributed by atoms with Crippen molar-refractivity contribution < 1.29 is 4.79 Å². The summed E-state index contributed by atoms with van der Waals surface area (Å²) in [4.78, 5) is 36.8. The number of aromatic nitrogens is 3. The van der Waals surface area contributed by atoms with Gasteiger partial charge in [-0.25, -0.2) is 4.79 Å². The van der Waals surface area contributed by atoms with Crippen LogP contribution in [-0.2, 0) is 24.4 Å². The monoisotopic (exact) mass is 304 g/mol. The summed E-state index contributed by atoms with van der Waals surface area (Å²) in [5, 5.41) is 3.39. The number of carbonyl (C=O) groups excluding carboxylic acids is 1. The molecule has 1 aliphatic rings.